The Labute approximate surface area is 195 Å². The zero-order valence-electron chi connectivity index (χ0n) is 18.4. The fourth-order valence-electron chi connectivity index (χ4n) is 4.86. The zero-order chi connectivity index (χ0) is 23.2. The highest BCUT2D eigenvalue weighted by atomic mass is 16.4. The quantitative estimate of drug-likeness (QED) is 0.427. The van der Waals surface area contributed by atoms with Crippen LogP contribution in [0.5, 0.6) is 0 Å². The highest BCUT2D eigenvalue weighted by molar-refractivity contribution is 5.92. The van der Waals surface area contributed by atoms with E-state index in [4.69, 9.17) is 10.8 Å². The molecular weight excluding hydrogens is 430 g/mol. The van der Waals surface area contributed by atoms with Gasteiger partial charge in [-0.1, -0.05) is 42.5 Å². The molecule has 0 radical (unpaired) electrons. The monoisotopic (exact) mass is 453 g/mol. The lowest BCUT2D eigenvalue weighted by Gasteiger charge is -2.12. The molecule has 170 valence electrons. The molecule has 1 unspecified atom stereocenters. The molecule has 9 heteroatoms. The highest BCUT2D eigenvalue weighted by Crippen LogP contribution is 2.37. The van der Waals surface area contributed by atoms with Gasteiger partial charge in [0.05, 0.1) is 12.1 Å². The van der Waals surface area contributed by atoms with E-state index in [1.165, 1.54) is 16.8 Å². The lowest BCUT2D eigenvalue weighted by atomic mass is 10.0. The Morgan fingerprint density at radius 3 is 2.79 bits per heavy atom. The van der Waals surface area contributed by atoms with Gasteiger partial charge in [-0.25, -0.2) is 14.3 Å². The minimum absolute atomic E-state index is 0.0421. The smallest absolute Gasteiger partial charge is 0.407 e. The topological polar surface area (TPSA) is 115 Å². The third kappa shape index (κ3) is 3.42. The van der Waals surface area contributed by atoms with Crippen molar-refractivity contribution >= 4 is 28.3 Å². The second-order valence-corrected chi connectivity index (χ2v) is 8.69. The minimum atomic E-state index is -0.894. The van der Waals surface area contributed by atoms with Crippen molar-refractivity contribution < 1.29 is 9.90 Å². The lowest BCUT2D eigenvalue weighted by molar-refractivity contribution is 0.155. The molecule has 3 N–H and O–H groups in total. The van der Waals surface area contributed by atoms with E-state index in [1.807, 2.05) is 33.6 Å². The predicted octanol–water partition coefficient (Wildman–Crippen LogP) is 3.84. The van der Waals surface area contributed by atoms with Gasteiger partial charge in [0.25, 0.3) is 0 Å². The first-order valence-electron chi connectivity index (χ1n) is 11.2. The summed E-state index contributed by atoms with van der Waals surface area (Å²) < 4.78 is 3.76. The molecule has 4 heterocycles. The number of nitrogen functional groups attached to an aromatic ring is 1. The summed E-state index contributed by atoms with van der Waals surface area (Å²) in [6.07, 6.45) is 3.33. The van der Waals surface area contributed by atoms with E-state index < -0.39 is 6.09 Å². The molecule has 1 fully saturated rings. The van der Waals surface area contributed by atoms with Gasteiger partial charge in [0, 0.05) is 41.8 Å². The van der Waals surface area contributed by atoms with Gasteiger partial charge in [-0.15, -0.1) is 0 Å². The van der Waals surface area contributed by atoms with E-state index in [9.17, 15) is 9.90 Å². The third-order valence-electron chi connectivity index (χ3n) is 6.54. The van der Waals surface area contributed by atoms with Crippen LogP contribution in [0.3, 0.4) is 0 Å². The zero-order valence-corrected chi connectivity index (χ0v) is 18.4. The molecule has 0 bridgehead atoms. The van der Waals surface area contributed by atoms with Gasteiger partial charge in [0.1, 0.15) is 11.8 Å². The summed E-state index contributed by atoms with van der Waals surface area (Å²) in [6, 6.07) is 18.5. The Morgan fingerprint density at radius 1 is 1.15 bits per heavy atom. The molecule has 9 nitrogen and oxygen atoms in total. The second kappa shape index (κ2) is 7.87. The number of rotatable bonds is 4. The van der Waals surface area contributed by atoms with E-state index in [0.717, 1.165) is 39.7 Å². The Morgan fingerprint density at radius 2 is 2.00 bits per heavy atom. The van der Waals surface area contributed by atoms with Crippen molar-refractivity contribution in [2.75, 3.05) is 18.8 Å². The van der Waals surface area contributed by atoms with Crippen molar-refractivity contribution in [2.24, 2.45) is 0 Å². The molecule has 3 aromatic heterocycles. The number of likely N-dealkylation sites (tertiary alicyclic amines) is 1. The molecule has 1 aliphatic heterocycles. The first-order valence-corrected chi connectivity index (χ1v) is 11.2. The molecule has 5 aromatic rings. The summed E-state index contributed by atoms with van der Waals surface area (Å²) in [5, 5.41) is 19.7. The largest absolute Gasteiger partial charge is 0.465 e. The van der Waals surface area contributed by atoms with E-state index in [2.05, 4.69) is 46.5 Å². The first kappa shape index (κ1) is 20.2. The molecule has 1 atom stereocenters. The normalized spacial score (nSPS) is 16.0. The lowest BCUT2D eigenvalue weighted by Crippen LogP contribution is -2.26. The van der Waals surface area contributed by atoms with Gasteiger partial charge < -0.3 is 15.7 Å². The summed E-state index contributed by atoms with van der Waals surface area (Å²) in [5.74, 6) is 0.430. The number of hydrogen-bond acceptors (Lipinski definition) is 5. The molecule has 6 rings (SSSR count). The Balaban J connectivity index is 1.41. The van der Waals surface area contributed by atoms with Crippen LogP contribution in [0.15, 0.2) is 67.1 Å². The molecule has 1 amide bonds. The van der Waals surface area contributed by atoms with Crippen molar-refractivity contribution in [3.8, 4) is 11.1 Å². The van der Waals surface area contributed by atoms with Crippen molar-refractivity contribution in [3.05, 3.63) is 78.4 Å². The van der Waals surface area contributed by atoms with Crippen molar-refractivity contribution in [1.82, 2.24) is 29.3 Å². The number of carbonyl (C=O) groups is 1. The molecule has 0 saturated carbocycles. The minimum Gasteiger partial charge on any atom is -0.465 e. The Bertz CT molecular complexity index is 1520. The van der Waals surface area contributed by atoms with Gasteiger partial charge in [-0.3, -0.25) is 4.68 Å². The summed E-state index contributed by atoms with van der Waals surface area (Å²) in [5.41, 5.74) is 11.9. The van der Waals surface area contributed by atoms with Crippen LogP contribution in [0.4, 0.5) is 10.6 Å². The molecule has 1 aliphatic rings. The third-order valence-corrected chi connectivity index (χ3v) is 6.54. The van der Waals surface area contributed by atoms with Gasteiger partial charge in [0.2, 0.25) is 0 Å². The van der Waals surface area contributed by atoms with Crippen LogP contribution in [0, 0.1) is 0 Å². The average molecular weight is 454 g/mol. The summed E-state index contributed by atoms with van der Waals surface area (Å²) in [4.78, 5) is 17.1. The number of anilines is 1. The maximum absolute atomic E-state index is 11.4. The second-order valence-electron chi connectivity index (χ2n) is 8.69. The van der Waals surface area contributed by atoms with Crippen LogP contribution < -0.4 is 5.73 Å². The van der Waals surface area contributed by atoms with Crippen molar-refractivity contribution in [3.63, 3.8) is 0 Å². The maximum Gasteiger partial charge on any atom is 0.407 e. The van der Waals surface area contributed by atoms with E-state index >= 15 is 0 Å². The summed E-state index contributed by atoms with van der Waals surface area (Å²) in [6.45, 7) is 1.65. The van der Waals surface area contributed by atoms with Crippen LogP contribution in [0.1, 0.15) is 23.6 Å². The van der Waals surface area contributed by atoms with Crippen LogP contribution >= 0.6 is 0 Å². The molecule has 34 heavy (non-hydrogen) atoms. The maximum atomic E-state index is 11.4. The van der Waals surface area contributed by atoms with Crippen LogP contribution in [0.25, 0.3) is 27.5 Å². The predicted molar refractivity (Wildman–Crippen MR) is 129 cm³/mol. The number of amides is 1. The molecular formula is C25H23N7O2. The van der Waals surface area contributed by atoms with Crippen molar-refractivity contribution in [1.29, 1.82) is 0 Å². The first-order chi connectivity index (χ1) is 16.6. The van der Waals surface area contributed by atoms with E-state index in [-0.39, 0.29) is 5.92 Å². The van der Waals surface area contributed by atoms with Gasteiger partial charge in [-0.2, -0.15) is 10.2 Å². The van der Waals surface area contributed by atoms with Gasteiger partial charge >= 0.3 is 6.09 Å². The SMILES string of the molecule is Nc1ncnn2c(C3CCN(C(=O)O)C3)cc(-c3ccc4cn(Cc5ccccc5)nc4c3)c12. The fraction of sp³-hybridized carbons (Fsp3) is 0.200. The average Bonchev–Trinajstić information content (AvgIpc) is 3.56. The summed E-state index contributed by atoms with van der Waals surface area (Å²) >= 11 is 0. The highest BCUT2D eigenvalue weighted by Gasteiger charge is 2.30. The van der Waals surface area contributed by atoms with Crippen molar-refractivity contribution in [2.45, 2.75) is 18.9 Å². The molecule has 1 saturated heterocycles. The fourth-order valence-corrected chi connectivity index (χ4v) is 4.86. The Kier molecular flexibility index (Phi) is 4.68. The van der Waals surface area contributed by atoms with Crippen LogP contribution in [-0.4, -0.2) is 53.6 Å². The van der Waals surface area contributed by atoms with E-state index in [0.29, 0.717) is 25.5 Å². The molecule has 2 aromatic carbocycles. The van der Waals surface area contributed by atoms with Crippen LogP contribution in [-0.2, 0) is 6.54 Å². The molecule has 0 aliphatic carbocycles. The number of benzene rings is 2. The number of nitrogens with two attached hydrogens (primary N) is 1. The number of fused-ring (bicyclic) bond motifs is 2. The number of aromatic nitrogens is 5. The van der Waals surface area contributed by atoms with E-state index in [1.54, 1.807) is 0 Å². The van der Waals surface area contributed by atoms with Gasteiger partial charge in [-0.05, 0) is 29.7 Å². The summed E-state index contributed by atoms with van der Waals surface area (Å²) in [7, 11) is 0. The standard InChI is InChI=1S/C25H23N7O2/c26-24-23-20(11-22(32(23)28-15-27-24)19-8-9-30(13-19)25(33)34)17-6-7-18-14-31(29-21(18)10-17)12-16-4-2-1-3-5-16/h1-7,10-11,14-15,19H,8-9,12-13H2,(H,33,34)(H2,26,27,28). The van der Waals surface area contributed by atoms with Gasteiger partial charge in [0.15, 0.2) is 5.82 Å². The number of nitrogens with zero attached hydrogens (tertiary/aromatic N) is 6. The van der Waals surface area contributed by atoms with Crippen LogP contribution in [0.2, 0.25) is 0 Å². The molecule has 0 spiro atoms. The Hall–Kier alpha value is -4.40. The number of hydrogen-bond donors (Lipinski definition) is 2. The number of carboxylic acid groups (broad SMARTS) is 1.